The van der Waals surface area contributed by atoms with Crippen molar-refractivity contribution in [2.45, 2.75) is 30.0 Å². The van der Waals surface area contributed by atoms with E-state index in [2.05, 4.69) is 27.1 Å². The third-order valence-corrected chi connectivity index (χ3v) is 8.15. The van der Waals surface area contributed by atoms with E-state index in [-0.39, 0.29) is 10.9 Å². The predicted octanol–water partition coefficient (Wildman–Crippen LogP) is 3.12. The Labute approximate surface area is 192 Å². The van der Waals surface area contributed by atoms with E-state index in [9.17, 15) is 21.6 Å². The van der Waals surface area contributed by atoms with E-state index >= 15 is 0 Å². The molecule has 1 aromatic carbocycles. The standard InChI is InChI=1S/C22H28F3N5O2S/c1-28-12-14-29(15-13-28)19-3-5-20(6-4-19)33(31,32)30-10-8-18(9-11-30)27-21-7-2-17(16-26-21)22(23,24)25/h2-7,16,18H,8-15H2,1H3,(H,26,27). The van der Waals surface area contributed by atoms with Crippen LogP contribution in [0.15, 0.2) is 47.5 Å². The van der Waals surface area contributed by atoms with E-state index in [4.69, 9.17) is 0 Å². The van der Waals surface area contributed by atoms with Gasteiger partial charge in [-0.25, -0.2) is 13.4 Å². The summed E-state index contributed by atoms with van der Waals surface area (Å²) in [5.41, 5.74) is 0.224. The Morgan fingerprint density at radius 1 is 0.939 bits per heavy atom. The minimum absolute atomic E-state index is 0.0553. The molecular formula is C22H28F3N5O2S. The van der Waals surface area contributed by atoms with Crippen molar-refractivity contribution in [2.75, 3.05) is 56.5 Å². The van der Waals surface area contributed by atoms with Crippen LogP contribution in [-0.4, -0.2) is 75.0 Å². The molecular weight excluding hydrogens is 455 g/mol. The van der Waals surface area contributed by atoms with Crippen LogP contribution in [0.25, 0.3) is 0 Å². The van der Waals surface area contributed by atoms with Crippen molar-refractivity contribution < 1.29 is 21.6 Å². The van der Waals surface area contributed by atoms with Gasteiger partial charge in [0.2, 0.25) is 10.0 Å². The molecule has 180 valence electrons. The molecule has 0 atom stereocenters. The van der Waals surface area contributed by atoms with Gasteiger partial charge in [0, 0.05) is 57.2 Å². The second kappa shape index (κ2) is 9.47. The number of halogens is 3. The summed E-state index contributed by atoms with van der Waals surface area (Å²) in [7, 11) is -1.51. The minimum Gasteiger partial charge on any atom is -0.369 e. The second-order valence-electron chi connectivity index (χ2n) is 8.54. The van der Waals surface area contributed by atoms with Gasteiger partial charge in [-0.15, -0.1) is 0 Å². The number of likely N-dealkylation sites (N-methyl/N-ethyl adjacent to an activating group) is 1. The number of anilines is 2. The zero-order valence-corrected chi connectivity index (χ0v) is 19.2. The van der Waals surface area contributed by atoms with Crippen LogP contribution in [0.3, 0.4) is 0 Å². The number of rotatable bonds is 5. The van der Waals surface area contributed by atoms with Crippen molar-refractivity contribution in [3.05, 3.63) is 48.2 Å². The van der Waals surface area contributed by atoms with Gasteiger partial charge in [-0.1, -0.05) is 0 Å². The van der Waals surface area contributed by atoms with Crippen LogP contribution in [0.5, 0.6) is 0 Å². The van der Waals surface area contributed by atoms with Gasteiger partial charge in [0.25, 0.3) is 0 Å². The van der Waals surface area contributed by atoms with Crippen molar-refractivity contribution in [1.82, 2.24) is 14.2 Å². The van der Waals surface area contributed by atoms with Crippen molar-refractivity contribution in [2.24, 2.45) is 0 Å². The maximum Gasteiger partial charge on any atom is 0.417 e. The number of sulfonamides is 1. The Bertz CT molecular complexity index is 1030. The molecule has 0 aliphatic carbocycles. The summed E-state index contributed by atoms with van der Waals surface area (Å²) in [4.78, 5) is 8.63. The Hall–Kier alpha value is -2.37. The number of piperidine rings is 1. The first-order valence-corrected chi connectivity index (χ1v) is 12.4. The highest BCUT2D eigenvalue weighted by atomic mass is 32.2. The topological polar surface area (TPSA) is 68.8 Å². The average molecular weight is 484 g/mol. The summed E-state index contributed by atoms with van der Waals surface area (Å²) >= 11 is 0. The molecule has 3 heterocycles. The molecule has 2 aliphatic heterocycles. The lowest BCUT2D eigenvalue weighted by Gasteiger charge is -2.34. The molecule has 0 amide bonds. The summed E-state index contributed by atoms with van der Waals surface area (Å²) in [6.07, 6.45) is -2.54. The predicted molar refractivity (Wildman–Crippen MR) is 121 cm³/mol. The molecule has 0 spiro atoms. The molecule has 0 unspecified atom stereocenters. The lowest BCUT2D eigenvalue weighted by Crippen LogP contribution is -2.44. The van der Waals surface area contributed by atoms with Gasteiger partial charge in [-0.05, 0) is 56.3 Å². The minimum atomic E-state index is -4.42. The number of pyridine rings is 1. The first kappa shape index (κ1) is 23.8. The van der Waals surface area contributed by atoms with Gasteiger partial charge in [-0.3, -0.25) is 0 Å². The number of benzene rings is 1. The summed E-state index contributed by atoms with van der Waals surface area (Å²) in [6, 6.07) is 9.29. The second-order valence-corrected chi connectivity index (χ2v) is 10.5. The van der Waals surface area contributed by atoms with Gasteiger partial charge in [0.1, 0.15) is 5.82 Å². The van der Waals surface area contributed by atoms with Crippen LogP contribution in [0, 0.1) is 0 Å². The van der Waals surface area contributed by atoms with E-state index in [1.54, 1.807) is 12.1 Å². The zero-order valence-electron chi connectivity index (χ0n) is 18.4. The normalized spacial score (nSPS) is 19.6. The van der Waals surface area contributed by atoms with Gasteiger partial charge >= 0.3 is 6.18 Å². The number of piperazine rings is 1. The lowest BCUT2D eigenvalue weighted by atomic mass is 10.1. The highest BCUT2D eigenvalue weighted by Crippen LogP contribution is 2.29. The van der Waals surface area contributed by atoms with Crippen LogP contribution in [0.2, 0.25) is 0 Å². The average Bonchev–Trinajstić information content (AvgIpc) is 2.80. The van der Waals surface area contributed by atoms with E-state index in [1.165, 1.54) is 10.4 Å². The molecule has 1 aromatic heterocycles. The molecule has 1 N–H and O–H groups in total. The SMILES string of the molecule is CN1CCN(c2ccc(S(=O)(=O)N3CCC(Nc4ccc(C(F)(F)F)cn4)CC3)cc2)CC1. The molecule has 0 radical (unpaired) electrons. The molecule has 2 saturated heterocycles. The Morgan fingerprint density at radius 3 is 2.12 bits per heavy atom. The van der Waals surface area contributed by atoms with E-state index in [1.807, 2.05) is 12.1 Å². The molecule has 2 fully saturated rings. The summed E-state index contributed by atoms with van der Waals surface area (Å²) in [5.74, 6) is 0.351. The van der Waals surface area contributed by atoms with Crippen LogP contribution >= 0.6 is 0 Å². The van der Waals surface area contributed by atoms with Crippen LogP contribution in [0.4, 0.5) is 24.7 Å². The third-order valence-electron chi connectivity index (χ3n) is 6.24. The van der Waals surface area contributed by atoms with Gasteiger partial charge in [0.05, 0.1) is 10.5 Å². The first-order valence-electron chi connectivity index (χ1n) is 11.0. The molecule has 11 heteroatoms. The Morgan fingerprint density at radius 2 is 1.58 bits per heavy atom. The highest BCUT2D eigenvalue weighted by Gasteiger charge is 2.32. The number of hydrogen-bond acceptors (Lipinski definition) is 6. The fraction of sp³-hybridized carbons (Fsp3) is 0.500. The van der Waals surface area contributed by atoms with Crippen molar-refractivity contribution >= 4 is 21.5 Å². The monoisotopic (exact) mass is 483 g/mol. The van der Waals surface area contributed by atoms with Gasteiger partial charge in [-0.2, -0.15) is 17.5 Å². The smallest absolute Gasteiger partial charge is 0.369 e. The number of alkyl halides is 3. The quantitative estimate of drug-likeness (QED) is 0.705. The molecule has 2 aromatic rings. The molecule has 33 heavy (non-hydrogen) atoms. The number of nitrogens with one attached hydrogen (secondary N) is 1. The molecule has 7 nitrogen and oxygen atoms in total. The highest BCUT2D eigenvalue weighted by molar-refractivity contribution is 7.89. The van der Waals surface area contributed by atoms with Crippen molar-refractivity contribution in [3.8, 4) is 0 Å². The Kier molecular flexibility index (Phi) is 6.83. The fourth-order valence-corrected chi connectivity index (χ4v) is 5.61. The van der Waals surface area contributed by atoms with E-state index in [0.717, 1.165) is 44.1 Å². The summed E-state index contributed by atoms with van der Waals surface area (Å²) in [6.45, 7) is 4.45. The number of aromatic nitrogens is 1. The fourth-order valence-electron chi connectivity index (χ4n) is 4.14. The van der Waals surface area contributed by atoms with E-state index in [0.29, 0.717) is 31.7 Å². The third kappa shape index (κ3) is 5.59. The largest absolute Gasteiger partial charge is 0.417 e. The zero-order chi connectivity index (χ0) is 23.6. The van der Waals surface area contributed by atoms with Crippen LogP contribution in [0.1, 0.15) is 18.4 Å². The number of hydrogen-bond donors (Lipinski definition) is 1. The van der Waals surface area contributed by atoms with Gasteiger partial charge in [0.15, 0.2) is 0 Å². The Balaban J connectivity index is 1.33. The maximum absolute atomic E-state index is 13.1. The maximum atomic E-state index is 13.1. The van der Waals surface area contributed by atoms with Crippen molar-refractivity contribution in [1.29, 1.82) is 0 Å². The van der Waals surface area contributed by atoms with E-state index < -0.39 is 21.8 Å². The molecule has 2 aliphatic rings. The van der Waals surface area contributed by atoms with Gasteiger partial charge < -0.3 is 15.1 Å². The molecule has 0 saturated carbocycles. The van der Waals surface area contributed by atoms with Crippen LogP contribution < -0.4 is 10.2 Å². The lowest BCUT2D eigenvalue weighted by molar-refractivity contribution is -0.137. The number of nitrogens with zero attached hydrogens (tertiary/aromatic N) is 4. The van der Waals surface area contributed by atoms with Crippen molar-refractivity contribution in [3.63, 3.8) is 0 Å². The molecule has 4 rings (SSSR count). The van der Waals surface area contributed by atoms with Crippen LogP contribution in [-0.2, 0) is 16.2 Å². The summed E-state index contributed by atoms with van der Waals surface area (Å²) in [5, 5.41) is 3.11. The molecule has 0 bridgehead atoms. The summed E-state index contributed by atoms with van der Waals surface area (Å²) < 4.78 is 65.7. The first-order chi connectivity index (χ1) is 15.6.